The van der Waals surface area contributed by atoms with E-state index in [-0.39, 0.29) is 0 Å². The summed E-state index contributed by atoms with van der Waals surface area (Å²) in [5, 5.41) is 3.84. The van der Waals surface area contributed by atoms with Crippen molar-refractivity contribution in [3.05, 3.63) is 35.9 Å². The highest BCUT2D eigenvalue weighted by Gasteiger charge is 2.39. The van der Waals surface area contributed by atoms with Gasteiger partial charge in [-0.1, -0.05) is 51.1 Å². The maximum absolute atomic E-state index is 3.84. The third kappa shape index (κ3) is 4.13. The highest BCUT2D eigenvalue weighted by Crippen LogP contribution is 2.47. The van der Waals surface area contributed by atoms with Crippen LogP contribution < -0.4 is 5.32 Å². The molecule has 22 heavy (non-hydrogen) atoms. The van der Waals surface area contributed by atoms with E-state index < -0.39 is 0 Å². The number of benzene rings is 1. The van der Waals surface area contributed by atoms with Crippen molar-refractivity contribution in [2.24, 2.45) is 16.7 Å². The second-order valence-corrected chi connectivity index (χ2v) is 8.96. The quantitative estimate of drug-likeness (QED) is 0.787. The molecule has 0 aromatic heterocycles. The molecule has 122 valence electrons. The number of hydrogen-bond donors (Lipinski definition) is 1. The summed E-state index contributed by atoms with van der Waals surface area (Å²) in [5.74, 6) is 0.900. The van der Waals surface area contributed by atoms with Gasteiger partial charge in [0, 0.05) is 12.6 Å². The van der Waals surface area contributed by atoms with E-state index in [2.05, 4.69) is 56.4 Å². The molecule has 2 aliphatic carbocycles. The van der Waals surface area contributed by atoms with Crippen LogP contribution in [0.1, 0.15) is 64.9 Å². The van der Waals surface area contributed by atoms with Crippen LogP contribution in [-0.4, -0.2) is 12.6 Å². The molecule has 1 nitrogen and oxygen atoms in total. The lowest BCUT2D eigenvalue weighted by Crippen LogP contribution is -2.41. The molecule has 3 rings (SSSR count). The molecule has 0 radical (unpaired) electrons. The highest BCUT2D eigenvalue weighted by molar-refractivity contribution is 5.17. The minimum Gasteiger partial charge on any atom is -0.313 e. The lowest BCUT2D eigenvalue weighted by molar-refractivity contribution is 0.0859. The van der Waals surface area contributed by atoms with E-state index in [0.717, 1.165) is 12.0 Å². The van der Waals surface area contributed by atoms with Crippen molar-refractivity contribution in [1.82, 2.24) is 5.32 Å². The Morgan fingerprint density at radius 3 is 2.18 bits per heavy atom. The van der Waals surface area contributed by atoms with Gasteiger partial charge in [-0.2, -0.15) is 0 Å². The summed E-state index contributed by atoms with van der Waals surface area (Å²) in [4.78, 5) is 0. The largest absolute Gasteiger partial charge is 0.313 e. The first-order valence-electron chi connectivity index (χ1n) is 9.24. The zero-order valence-corrected chi connectivity index (χ0v) is 14.7. The summed E-state index contributed by atoms with van der Waals surface area (Å²) in [6, 6.07) is 12.0. The standard InChI is InChI=1S/C21H33N/c1-20(2,3)18-11-13-21(14-12-18,16-22-19-9-10-19)15-17-7-5-4-6-8-17/h4-8,18-19,22H,9-16H2,1-3H3. The molecule has 0 atom stereocenters. The zero-order valence-electron chi connectivity index (χ0n) is 14.7. The zero-order chi connectivity index (χ0) is 15.6. The molecule has 0 saturated heterocycles. The molecule has 1 heteroatoms. The summed E-state index contributed by atoms with van der Waals surface area (Å²) in [6.07, 6.45) is 9.64. The highest BCUT2D eigenvalue weighted by atomic mass is 15.0. The predicted molar refractivity (Wildman–Crippen MR) is 95.0 cm³/mol. The van der Waals surface area contributed by atoms with E-state index in [4.69, 9.17) is 0 Å². The molecular weight excluding hydrogens is 266 g/mol. The normalized spacial score (nSPS) is 29.5. The minimum absolute atomic E-state index is 0.475. The Morgan fingerprint density at radius 1 is 1.00 bits per heavy atom. The van der Waals surface area contributed by atoms with Crippen molar-refractivity contribution < 1.29 is 0 Å². The Bertz CT molecular complexity index is 458. The molecule has 2 fully saturated rings. The van der Waals surface area contributed by atoms with Gasteiger partial charge in [-0.05, 0) is 67.3 Å². The van der Waals surface area contributed by atoms with Crippen molar-refractivity contribution in [2.45, 2.75) is 71.8 Å². The fraction of sp³-hybridized carbons (Fsp3) is 0.714. The van der Waals surface area contributed by atoms with Gasteiger partial charge in [0.1, 0.15) is 0 Å². The summed E-state index contributed by atoms with van der Waals surface area (Å²) in [6.45, 7) is 8.49. The van der Waals surface area contributed by atoms with E-state index in [1.807, 2.05) is 0 Å². The Kier molecular flexibility index (Phi) is 4.64. The monoisotopic (exact) mass is 299 g/mol. The van der Waals surface area contributed by atoms with Gasteiger partial charge in [0.05, 0.1) is 0 Å². The molecule has 2 aliphatic rings. The van der Waals surface area contributed by atoms with E-state index in [0.29, 0.717) is 10.8 Å². The fourth-order valence-corrected chi connectivity index (χ4v) is 4.19. The van der Waals surface area contributed by atoms with E-state index >= 15 is 0 Å². The Balaban J connectivity index is 1.67. The lowest BCUT2D eigenvalue weighted by atomic mass is 9.62. The first-order chi connectivity index (χ1) is 10.5. The van der Waals surface area contributed by atoms with Crippen molar-refractivity contribution >= 4 is 0 Å². The molecule has 0 aliphatic heterocycles. The number of rotatable bonds is 5. The molecular formula is C21H33N. The van der Waals surface area contributed by atoms with Gasteiger partial charge < -0.3 is 5.32 Å². The van der Waals surface area contributed by atoms with Gasteiger partial charge in [0.25, 0.3) is 0 Å². The molecule has 1 aromatic carbocycles. The van der Waals surface area contributed by atoms with Crippen LogP contribution in [0.2, 0.25) is 0 Å². The van der Waals surface area contributed by atoms with Crippen LogP contribution in [0.4, 0.5) is 0 Å². The smallest absolute Gasteiger partial charge is 0.00684 e. The van der Waals surface area contributed by atoms with Crippen LogP contribution in [0.3, 0.4) is 0 Å². The molecule has 0 bridgehead atoms. The van der Waals surface area contributed by atoms with Crippen LogP contribution in [0, 0.1) is 16.7 Å². The molecule has 0 unspecified atom stereocenters. The Labute approximate surface area is 136 Å². The van der Waals surface area contributed by atoms with Crippen molar-refractivity contribution in [2.75, 3.05) is 6.54 Å². The maximum atomic E-state index is 3.84. The van der Waals surface area contributed by atoms with Crippen LogP contribution in [0.15, 0.2) is 30.3 Å². The lowest BCUT2D eigenvalue weighted by Gasteiger charge is -2.44. The third-order valence-electron chi connectivity index (χ3n) is 6.04. The summed E-state index contributed by atoms with van der Waals surface area (Å²) < 4.78 is 0. The van der Waals surface area contributed by atoms with Crippen LogP contribution >= 0.6 is 0 Å². The summed E-state index contributed by atoms with van der Waals surface area (Å²) >= 11 is 0. The molecule has 0 heterocycles. The summed E-state index contributed by atoms with van der Waals surface area (Å²) in [5.41, 5.74) is 2.49. The SMILES string of the molecule is CC(C)(C)C1CCC(CNC2CC2)(Cc2ccccc2)CC1. The Hall–Kier alpha value is -0.820. The van der Waals surface area contributed by atoms with Gasteiger partial charge in [-0.15, -0.1) is 0 Å². The molecule has 0 spiro atoms. The molecule has 0 amide bonds. The molecule has 1 aromatic rings. The Morgan fingerprint density at radius 2 is 1.64 bits per heavy atom. The van der Waals surface area contributed by atoms with Crippen molar-refractivity contribution in [3.8, 4) is 0 Å². The van der Waals surface area contributed by atoms with Crippen LogP contribution in [0.25, 0.3) is 0 Å². The average Bonchev–Trinajstić information content (AvgIpc) is 3.30. The van der Waals surface area contributed by atoms with Crippen molar-refractivity contribution in [3.63, 3.8) is 0 Å². The number of hydrogen-bond acceptors (Lipinski definition) is 1. The minimum atomic E-state index is 0.475. The summed E-state index contributed by atoms with van der Waals surface area (Å²) in [7, 11) is 0. The van der Waals surface area contributed by atoms with Crippen LogP contribution in [0.5, 0.6) is 0 Å². The van der Waals surface area contributed by atoms with Gasteiger partial charge >= 0.3 is 0 Å². The van der Waals surface area contributed by atoms with Gasteiger partial charge in [-0.3, -0.25) is 0 Å². The third-order valence-corrected chi connectivity index (χ3v) is 6.04. The van der Waals surface area contributed by atoms with Gasteiger partial charge in [-0.25, -0.2) is 0 Å². The first kappa shape index (κ1) is 16.1. The van der Waals surface area contributed by atoms with E-state index in [9.17, 15) is 0 Å². The topological polar surface area (TPSA) is 12.0 Å². The maximum Gasteiger partial charge on any atom is 0.00684 e. The second-order valence-electron chi connectivity index (χ2n) is 8.96. The molecule has 2 saturated carbocycles. The van der Waals surface area contributed by atoms with E-state index in [1.165, 1.54) is 57.1 Å². The fourth-order valence-electron chi connectivity index (χ4n) is 4.19. The predicted octanol–water partition coefficient (Wildman–Crippen LogP) is 5.20. The number of nitrogens with one attached hydrogen (secondary N) is 1. The second kappa shape index (κ2) is 6.35. The molecule has 1 N–H and O–H groups in total. The first-order valence-corrected chi connectivity index (χ1v) is 9.24. The van der Waals surface area contributed by atoms with Gasteiger partial charge in [0.15, 0.2) is 0 Å². The van der Waals surface area contributed by atoms with E-state index in [1.54, 1.807) is 0 Å². The average molecular weight is 300 g/mol. The van der Waals surface area contributed by atoms with Crippen LogP contribution in [-0.2, 0) is 6.42 Å². The van der Waals surface area contributed by atoms with Crippen molar-refractivity contribution in [1.29, 1.82) is 0 Å². The van der Waals surface area contributed by atoms with Gasteiger partial charge in [0.2, 0.25) is 0 Å².